The molecule has 0 amide bonds. The van der Waals surface area contributed by atoms with Crippen molar-refractivity contribution in [3.8, 4) is 0 Å². The Kier molecular flexibility index (Phi) is 25.1. The highest BCUT2D eigenvalue weighted by molar-refractivity contribution is 5.30. The Balaban J connectivity index is 0.000000386. The minimum absolute atomic E-state index is 0.210. The fraction of sp³-hybridized carbons (Fsp3) is 0.444. The number of hydrogen-bond acceptors (Lipinski definition) is 1. The average molecular weight is 893 g/mol. The maximum atomic E-state index is 2.29. The van der Waals surface area contributed by atoms with Crippen LogP contribution in [0.3, 0.4) is 0 Å². The summed E-state index contributed by atoms with van der Waals surface area (Å²) in [5, 5.41) is 0. The van der Waals surface area contributed by atoms with Crippen LogP contribution in [0.2, 0.25) is 0 Å². The molecule has 4 aliphatic rings. The Hall–Kier alpha value is -5.15. The van der Waals surface area contributed by atoms with Crippen LogP contribution in [0.15, 0.2) is 206 Å². The molecule has 1 aromatic carbocycles. The molecule has 0 bridgehead atoms. The van der Waals surface area contributed by atoms with Gasteiger partial charge in [0.05, 0.1) is 0 Å². The van der Waals surface area contributed by atoms with Crippen molar-refractivity contribution in [2.24, 2.45) is 22.2 Å². The average Bonchev–Trinajstić information content (AvgIpc) is 4.02. The van der Waals surface area contributed by atoms with Crippen molar-refractivity contribution in [2.75, 3.05) is 7.05 Å². The second kappa shape index (κ2) is 28.1. The first kappa shape index (κ1) is 58.9. The van der Waals surface area contributed by atoms with Crippen molar-refractivity contribution in [1.29, 1.82) is 0 Å². The highest BCUT2D eigenvalue weighted by Crippen LogP contribution is 2.31. The van der Waals surface area contributed by atoms with E-state index in [4.69, 9.17) is 0 Å². The quantitative estimate of drug-likeness (QED) is 0.205. The van der Waals surface area contributed by atoms with Gasteiger partial charge in [-0.25, -0.2) is 4.57 Å². The van der Waals surface area contributed by atoms with Crippen LogP contribution in [0.1, 0.15) is 143 Å². The van der Waals surface area contributed by atoms with Gasteiger partial charge in [0.15, 0.2) is 17.9 Å². The Morgan fingerprint density at radius 2 is 1.02 bits per heavy atom. The van der Waals surface area contributed by atoms with E-state index in [-0.39, 0.29) is 11.1 Å². The maximum absolute atomic E-state index is 2.29. The van der Waals surface area contributed by atoms with Gasteiger partial charge in [0, 0.05) is 76.2 Å². The van der Waals surface area contributed by atoms with Gasteiger partial charge in [-0.2, -0.15) is 0 Å². The lowest BCUT2D eigenvalue weighted by Crippen LogP contribution is -2.49. The second-order valence-corrected chi connectivity index (χ2v) is 23.2. The molecule has 0 saturated heterocycles. The van der Waals surface area contributed by atoms with Crippen molar-refractivity contribution in [3.63, 3.8) is 0 Å². The largest absolute Gasteiger partial charge is 0.357 e. The molecule has 2 aromatic heterocycles. The third-order valence-corrected chi connectivity index (χ3v) is 10.8. The maximum Gasteiger partial charge on any atom is 0.169 e. The number of aromatic nitrogens is 2. The molecule has 3 aromatic rings. The molecule has 1 aliphatic heterocycles. The number of allylic oxidation sites excluding steroid dienone is 18. The van der Waals surface area contributed by atoms with Crippen LogP contribution in [0, 0.1) is 22.2 Å². The van der Waals surface area contributed by atoms with E-state index in [0.29, 0.717) is 27.6 Å². The van der Waals surface area contributed by atoms with Crippen LogP contribution in [0.25, 0.3) is 0 Å². The summed E-state index contributed by atoms with van der Waals surface area (Å²) in [6.45, 7) is 40.1. The van der Waals surface area contributed by atoms with Crippen LogP contribution in [0.5, 0.6) is 0 Å². The third kappa shape index (κ3) is 26.7. The van der Waals surface area contributed by atoms with E-state index in [1.54, 1.807) is 5.57 Å². The molecule has 3 heterocycles. The van der Waals surface area contributed by atoms with Gasteiger partial charge in [-0.05, 0) is 90.7 Å². The third-order valence-electron chi connectivity index (χ3n) is 10.8. The molecule has 0 spiro atoms. The molecule has 0 unspecified atom stereocenters. The van der Waals surface area contributed by atoms with E-state index in [1.165, 1.54) is 11.1 Å². The topological polar surface area (TPSA) is 12.0 Å². The van der Waals surface area contributed by atoms with Crippen molar-refractivity contribution >= 4 is 0 Å². The lowest BCUT2D eigenvalue weighted by molar-refractivity contribution is -0.754. The van der Waals surface area contributed by atoms with E-state index in [9.17, 15) is 0 Å². The number of rotatable bonds is 0. The molecule has 0 radical (unpaired) electrons. The molecule has 66 heavy (non-hydrogen) atoms. The highest BCUT2D eigenvalue weighted by Gasteiger charge is 2.20. The number of benzene rings is 1. The van der Waals surface area contributed by atoms with E-state index in [1.807, 2.05) is 79.0 Å². The SMILES string of the molecule is CC(C)(C)C1=CC=CC1.CC(C)(C)C1=CCC=C1.CC(C)(C)C1C=CC=CC=C1.CC(C)(C)[n+]1ccccc1.CC(C)(C)c1ccccc1.CC(C)(C)n1cccc1.CN1C=CC=CC=C1. The predicted octanol–water partition coefficient (Wildman–Crippen LogP) is 17.6. The van der Waals surface area contributed by atoms with Gasteiger partial charge in [0.25, 0.3) is 0 Å². The molecule has 0 fully saturated rings. The summed E-state index contributed by atoms with van der Waals surface area (Å²) in [6.07, 6.45) is 48.8. The normalized spacial score (nSPS) is 15.3. The van der Waals surface area contributed by atoms with E-state index in [2.05, 4.69) is 262 Å². The van der Waals surface area contributed by atoms with Crippen LogP contribution < -0.4 is 4.57 Å². The summed E-state index contributed by atoms with van der Waals surface area (Å²) in [4.78, 5) is 2.00. The van der Waals surface area contributed by atoms with E-state index in [0.717, 1.165) is 12.8 Å². The lowest BCUT2D eigenvalue weighted by Gasteiger charge is -2.24. The Labute approximate surface area is 407 Å². The van der Waals surface area contributed by atoms with Crippen LogP contribution in [-0.2, 0) is 16.5 Å². The second-order valence-electron chi connectivity index (χ2n) is 23.2. The van der Waals surface area contributed by atoms with Crippen molar-refractivity contribution in [2.45, 2.75) is 154 Å². The molecule has 0 N–H and O–H groups in total. The zero-order chi connectivity index (χ0) is 50.1. The Morgan fingerprint density at radius 3 is 1.32 bits per heavy atom. The smallest absolute Gasteiger partial charge is 0.169 e. The molecule has 3 nitrogen and oxygen atoms in total. The summed E-state index contributed by atoms with van der Waals surface area (Å²) in [7, 11) is 2.00. The molecule has 3 heteroatoms. The fourth-order valence-electron chi connectivity index (χ4n) is 6.27. The lowest BCUT2D eigenvalue weighted by atomic mass is 9.80. The Morgan fingerprint density at radius 1 is 0.515 bits per heavy atom. The van der Waals surface area contributed by atoms with Gasteiger partial charge in [-0.15, -0.1) is 0 Å². The van der Waals surface area contributed by atoms with Crippen molar-refractivity contribution < 1.29 is 4.57 Å². The summed E-state index contributed by atoms with van der Waals surface area (Å²) in [5.74, 6) is 0.567. The minimum atomic E-state index is 0.210. The van der Waals surface area contributed by atoms with Crippen LogP contribution in [-0.4, -0.2) is 16.5 Å². The summed E-state index contributed by atoms with van der Waals surface area (Å²) in [6, 6.07) is 20.8. The van der Waals surface area contributed by atoms with Gasteiger partial charge < -0.3 is 9.47 Å². The molecular weight excluding hydrogens is 799 g/mol. The van der Waals surface area contributed by atoms with Gasteiger partial charge in [0.2, 0.25) is 0 Å². The fourth-order valence-corrected chi connectivity index (χ4v) is 6.27. The van der Waals surface area contributed by atoms with Gasteiger partial charge in [-0.1, -0.05) is 210 Å². The first-order valence-electron chi connectivity index (χ1n) is 24.2. The monoisotopic (exact) mass is 893 g/mol. The first-order chi connectivity index (χ1) is 30.5. The molecule has 3 aliphatic carbocycles. The first-order valence-corrected chi connectivity index (χ1v) is 24.2. The highest BCUT2D eigenvalue weighted by atomic mass is 15.0. The van der Waals surface area contributed by atoms with E-state index < -0.39 is 0 Å². The van der Waals surface area contributed by atoms with Crippen LogP contribution in [0.4, 0.5) is 0 Å². The minimum Gasteiger partial charge on any atom is -0.357 e. The zero-order valence-corrected chi connectivity index (χ0v) is 45.3. The molecule has 7 rings (SSSR count). The molecule has 360 valence electrons. The predicted molar refractivity (Wildman–Crippen MR) is 294 cm³/mol. The zero-order valence-electron chi connectivity index (χ0n) is 45.3. The van der Waals surface area contributed by atoms with Crippen molar-refractivity contribution in [1.82, 2.24) is 9.47 Å². The van der Waals surface area contributed by atoms with Gasteiger partial charge >= 0.3 is 0 Å². The number of nitrogens with zero attached hydrogens (tertiary/aromatic N) is 3. The summed E-state index contributed by atoms with van der Waals surface area (Å²) in [5.41, 5.74) is 6.24. The molecular formula is C63H94N3+. The number of pyridine rings is 1. The van der Waals surface area contributed by atoms with Crippen LogP contribution >= 0.6 is 0 Å². The molecule has 0 atom stereocenters. The molecule has 0 saturated carbocycles. The summed E-state index contributed by atoms with van der Waals surface area (Å²) < 4.78 is 4.38. The van der Waals surface area contributed by atoms with Crippen molar-refractivity contribution in [3.05, 3.63) is 212 Å². The standard InChI is InChI=1S/C11H16.C10H14.C9H14N.2C9H14.C8H13N.C7H9N/c1-11(2,3)10-8-6-4-5-7-9-10;1-10(2,3)9-7-5-4-6-8-9;1-9(2,3)10-7-5-4-6-8-10;2*1-9(2,3)8-6-4-5-7-8;1-8(2,3)9-6-4-5-7-9;1-8-6-4-2-3-5-7-8/h4-10H,1-3H3;2*4-8H,1-3H3;4,6-7H,5H2,1-3H3;4-6H,7H2,1-3H3;4-7H,1-3H3;2-7H,1H3/q;;+1;;;;. The Bertz CT molecular complexity index is 1980. The van der Waals surface area contributed by atoms with Gasteiger partial charge in [0.1, 0.15) is 0 Å². The van der Waals surface area contributed by atoms with Gasteiger partial charge in [-0.3, -0.25) is 0 Å². The van der Waals surface area contributed by atoms with E-state index >= 15 is 0 Å². The number of hydrogen-bond donors (Lipinski definition) is 0. The summed E-state index contributed by atoms with van der Waals surface area (Å²) >= 11 is 0.